The van der Waals surface area contributed by atoms with Crippen LogP contribution in [-0.2, 0) is 10.0 Å². The smallest absolute Gasteiger partial charge is 0.242 e. The Balaban J connectivity index is 1.76. The van der Waals surface area contributed by atoms with Crippen LogP contribution in [-0.4, -0.2) is 31.7 Å². The molecule has 3 N–H and O–H groups in total. The summed E-state index contributed by atoms with van der Waals surface area (Å²) in [7, 11) is -3.48. The van der Waals surface area contributed by atoms with Crippen molar-refractivity contribution in [3.05, 3.63) is 24.3 Å². The molecule has 5 nitrogen and oxygen atoms in total. The van der Waals surface area contributed by atoms with Crippen molar-refractivity contribution in [2.75, 3.05) is 11.9 Å². The zero-order chi connectivity index (χ0) is 14.2. The Morgan fingerprint density at radius 3 is 2.55 bits per heavy atom. The molecule has 1 aromatic rings. The van der Waals surface area contributed by atoms with Gasteiger partial charge in [0.15, 0.2) is 0 Å². The first-order valence-corrected chi connectivity index (χ1v) is 8.55. The maximum Gasteiger partial charge on any atom is 0.242 e. The van der Waals surface area contributed by atoms with Crippen molar-refractivity contribution in [3.8, 4) is 0 Å². The van der Waals surface area contributed by atoms with E-state index in [0.29, 0.717) is 12.2 Å². The van der Waals surface area contributed by atoms with E-state index >= 15 is 0 Å². The molecule has 110 valence electrons. The van der Waals surface area contributed by atoms with Gasteiger partial charge in [0.05, 0.1) is 11.3 Å². The Morgan fingerprint density at radius 2 is 1.95 bits per heavy atom. The fourth-order valence-electron chi connectivity index (χ4n) is 2.35. The molecule has 20 heavy (non-hydrogen) atoms. The van der Waals surface area contributed by atoms with Crippen LogP contribution < -0.4 is 10.0 Å². The van der Waals surface area contributed by atoms with Gasteiger partial charge in [-0.25, -0.2) is 13.1 Å². The van der Waals surface area contributed by atoms with Crippen molar-refractivity contribution >= 4 is 15.7 Å². The third-order valence-electron chi connectivity index (χ3n) is 3.97. The maximum absolute atomic E-state index is 12.3. The van der Waals surface area contributed by atoms with E-state index in [2.05, 4.69) is 10.0 Å². The number of aliphatic hydroxyl groups is 1. The number of hydrogen-bond acceptors (Lipinski definition) is 4. The van der Waals surface area contributed by atoms with Gasteiger partial charge in [0.1, 0.15) is 4.90 Å². The second kappa shape index (κ2) is 5.02. The highest BCUT2D eigenvalue weighted by atomic mass is 32.2. The molecule has 6 heteroatoms. The molecule has 2 aliphatic rings. The Kier molecular flexibility index (Phi) is 3.48. The van der Waals surface area contributed by atoms with Gasteiger partial charge >= 0.3 is 0 Å². The third kappa shape index (κ3) is 2.97. The second-order valence-corrected chi connectivity index (χ2v) is 7.51. The van der Waals surface area contributed by atoms with Gasteiger partial charge in [-0.2, -0.15) is 0 Å². The quantitative estimate of drug-likeness (QED) is 0.742. The zero-order valence-electron chi connectivity index (χ0n) is 11.3. The number of hydrogen-bond donors (Lipinski definition) is 3. The molecule has 0 atom stereocenters. The molecule has 0 saturated heterocycles. The molecule has 2 saturated carbocycles. The molecule has 0 heterocycles. The Bertz CT molecular complexity index is 592. The van der Waals surface area contributed by atoms with Crippen LogP contribution in [0.15, 0.2) is 29.2 Å². The van der Waals surface area contributed by atoms with E-state index in [-0.39, 0.29) is 10.9 Å². The van der Waals surface area contributed by atoms with Gasteiger partial charge in [-0.3, -0.25) is 0 Å². The van der Waals surface area contributed by atoms with Gasteiger partial charge in [0.25, 0.3) is 0 Å². The highest BCUT2D eigenvalue weighted by Gasteiger charge is 2.35. The molecule has 0 aromatic heterocycles. The molecular formula is C14H20N2O3S. The molecule has 0 bridgehead atoms. The lowest BCUT2D eigenvalue weighted by Crippen LogP contribution is -2.43. The van der Waals surface area contributed by atoms with Gasteiger partial charge in [-0.05, 0) is 44.2 Å². The first-order valence-electron chi connectivity index (χ1n) is 7.06. The molecule has 0 radical (unpaired) electrons. The van der Waals surface area contributed by atoms with Gasteiger partial charge < -0.3 is 10.4 Å². The minimum atomic E-state index is -3.48. The van der Waals surface area contributed by atoms with E-state index in [0.717, 1.165) is 32.1 Å². The average molecular weight is 296 g/mol. The normalized spacial score (nSPS) is 21.2. The summed E-state index contributed by atoms with van der Waals surface area (Å²) in [5, 5.41) is 13.2. The molecule has 0 aliphatic heterocycles. The van der Waals surface area contributed by atoms with Gasteiger partial charge in [0, 0.05) is 12.6 Å². The highest BCUT2D eigenvalue weighted by molar-refractivity contribution is 7.89. The molecule has 2 fully saturated rings. The summed E-state index contributed by atoms with van der Waals surface area (Å²) < 4.78 is 27.3. The zero-order valence-corrected chi connectivity index (χ0v) is 12.1. The predicted octanol–water partition coefficient (Wildman–Crippen LogP) is 1.45. The molecule has 0 spiro atoms. The molecule has 0 amide bonds. The number of benzene rings is 1. The summed E-state index contributed by atoms with van der Waals surface area (Å²) >= 11 is 0. The maximum atomic E-state index is 12.3. The minimum Gasteiger partial charge on any atom is -0.388 e. The summed E-state index contributed by atoms with van der Waals surface area (Å²) in [6.45, 7) is 0.392. The van der Waals surface area contributed by atoms with Crippen LogP contribution in [0.25, 0.3) is 0 Å². The molecule has 1 aromatic carbocycles. The fraction of sp³-hybridized carbons (Fsp3) is 0.571. The first-order chi connectivity index (χ1) is 9.49. The highest BCUT2D eigenvalue weighted by Crippen LogP contribution is 2.32. The number of nitrogens with one attached hydrogen (secondary N) is 2. The van der Waals surface area contributed by atoms with Gasteiger partial charge in [0.2, 0.25) is 10.0 Å². The van der Waals surface area contributed by atoms with Crippen molar-refractivity contribution in [1.82, 2.24) is 4.72 Å². The van der Waals surface area contributed by atoms with E-state index in [1.165, 1.54) is 0 Å². The van der Waals surface area contributed by atoms with Crippen LogP contribution in [0.5, 0.6) is 0 Å². The third-order valence-corrected chi connectivity index (χ3v) is 5.55. The lowest BCUT2D eigenvalue weighted by molar-refractivity contribution is -0.0202. The molecule has 0 unspecified atom stereocenters. The van der Waals surface area contributed by atoms with Crippen LogP contribution >= 0.6 is 0 Å². The number of sulfonamides is 1. The van der Waals surface area contributed by atoms with Crippen molar-refractivity contribution in [1.29, 1.82) is 0 Å². The number of anilines is 1. The average Bonchev–Trinajstić information content (AvgIpc) is 3.17. The second-order valence-electron chi connectivity index (χ2n) is 5.82. The topological polar surface area (TPSA) is 78.4 Å². The van der Waals surface area contributed by atoms with Gasteiger partial charge in [-0.15, -0.1) is 0 Å². The molecule has 2 aliphatic carbocycles. The van der Waals surface area contributed by atoms with Crippen molar-refractivity contribution in [2.24, 2.45) is 0 Å². The predicted molar refractivity (Wildman–Crippen MR) is 77.1 cm³/mol. The molecule has 3 rings (SSSR count). The SMILES string of the molecule is O=S(=O)(NC1CC1)c1ccccc1NCC1(O)CCC1. The standard InChI is InChI=1S/C14H20N2O3S/c17-14(8-3-9-14)10-15-12-4-1-2-5-13(12)20(18,19)16-11-6-7-11/h1-2,4-5,11,15-17H,3,6-10H2. The lowest BCUT2D eigenvalue weighted by atomic mass is 9.80. The fourth-order valence-corrected chi connectivity index (χ4v) is 3.84. The van der Waals surface area contributed by atoms with E-state index < -0.39 is 15.6 Å². The summed E-state index contributed by atoms with van der Waals surface area (Å²) in [6, 6.07) is 6.93. The Labute approximate surface area is 119 Å². The van der Waals surface area contributed by atoms with Crippen LogP contribution in [0, 0.1) is 0 Å². The number of rotatable bonds is 6. The first kappa shape index (κ1) is 13.9. The van der Waals surface area contributed by atoms with E-state index in [4.69, 9.17) is 0 Å². The summed E-state index contributed by atoms with van der Waals surface area (Å²) in [4.78, 5) is 0.259. The van der Waals surface area contributed by atoms with Crippen LogP contribution in [0.1, 0.15) is 32.1 Å². The minimum absolute atomic E-state index is 0.0869. The molecular weight excluding hydrogens is 276 g/mol. The van der Waals surface area contributed by atoms with E-state index in [1.54, 1.807) is 24.3 Å². The lowest BCUT2D eigenvalue weighted by Gasteiger charge is -2.37. The van der Waals surface area contributed by atoms with Crippen molar-refractivity contribution in [2.45, 2.75) is 48.6 Å². The monoisotopic (exact) mass is 296 g/mol. The van der Waals surface area contributed by atoms with Crippen LogP contribution in [0.2, 0.25) is 0 Å². The van der Waals surface area contributed by atoms with Gasteiger partial charge in [-0.1, -0.05) is 12.1 Å². The summed E-state index contributed by atoms with van der Waals surface area (Å²) in [5.74, 6) is 0. The van der Waals surface area contributed by atoms with Crippen LogP contribution in [0.3, 0.4) is 0 Å². The largest absolute Gasteiger partial charge is 0.388 e. The number of para-hydroxylation sites is 1. The summed E-state index contributed by atoms with van der Waals surface area (Å²) in [6.07, 6.45) is 4.40. The van der Waals surface area contributed by atoms with Crippen molar-refractivity contribution < 1.29 is 13.5 Å². The van der Waals surface area contributed by atoms with Crippen molar-refractivity contribution in [3.63, 3.8) is 0 Å². The Hall–Kier alpha value is -1.11. The van der Waals surface area contributed by atoms with Crippen LogP contribution in [0.4, 0.5) is 5.69 Å². The Morgan fingerprint density at radius 1 is 1.25 bits per heavy atom. The van der Waals surface area contributed by atoms with E-state index in [1.807, 2.05) is 0 Å². The van der Waals surface area contributed by atoms with E-state index in [9.17, 15) is 13.5 Å². The summed E-state index contributed by atoms with van der Waals surface area (Å²) in [5.41, 5.74) is -0.123.